The fourth-order valence-corrected chi connectivity index (χ4v) is 1.18. The predicted octanol–water partition coefficient (Wildman–Crippen LogP) is 2.82. The molecule has 1 aromatic rings. The molecule has 0 fully saturated rings. The van der Waals surface area contributed by atoms with Gasteiger partial charge in [-0.05, 0) is 25.1 Å². The van der Waals surface area contributed by atoms with Gasteiger partial charge in [0.2, 0.25) is 0 Å². The first-order valence-electron chi connectivity index (χ1n) is 4.81. The average Bonchev–Trinajstić information content (AvgIpc) is 2.28. The minimum absolute atomic E-state index is 0.120. The lowest BCUT2D eigenvalue weighted by Crippen LogP contribution is -2.23. The van der Waals surface area contributed by atoms with E-state index in [0.29, 0.717) is 6.07 Å². The predicted molar refractivity (Wildman–Crippen MR) is 52.1 cm³/mol. The topological polar surface area (TPSA) is 26.3 Å². The Kier molecular flexibility index (Phi) is 4.62. The third-order valence-electron chi connectivity index (χ3n) is 2.05. The van der Waals surface area contributed by atoms with Gasteiger partial charge in [-0.3, -0.25) is 4.79 Å². The molecule has 1 rings (SSSR count). The second-order valence-corrected chi connectivity index (χ2v) is 3.36. The van der Waals surface area contributed by atoms with E-state index in [1.54, 1.807) is 0 Å². The number of Topliss-reactive ketones (excluding diaryl/α,β-unsaturated/α-hetero) is 1. The molecule has 0 heterocycles. The Balaban J connectivity index is 2.71. The first-order chi connectivity index (χ1) is 7.91. The summed E-state index contributed by atoms with van der Waals surface area (Å²) >= 11 is 0. The SMILES string of the molecule is CC(OCC(F)F)C(=O)c1ccc(F)c(F)c1. The summed E-state index contributed by atoms with van der Waals surface area (Å²) in [5, 5.41) is 0. The Labute approximate surface area is 95.2 Å². The van der Waals surface area contributed by atoms with Crippen LogP contribution >= 0.6 is 0 Å². The molecule has 0 spiro atoms. The maximum Gasteiger partial charge on any atom is 0.261 e. The Morgan fingerprint density at radius 3 is 2.47 bits per heavy atom. The van der Waals surface area contributed by atoms with Crippen molar-refractivity contribution in [1.82, 2.24) is 0 Å². The zero-order valence-corrected chi connectivity index (χ0v) is 8.92. The van der Waals surface area contributed by atoms with Crippen molar-refractivity contribution in [3.63, 3.8) is 0 Å². The zero-order valence-electron chi connectivity index (χ0n) is 8.92. The third kappa shape index (κ3) is 3.81. The summed E-state index contributed by atoms with van der Waals surface area (Å²) in [5.41, 5.74) is -0.120. The van der Waals surface area contributed by atoms with Gasteiger partial charge >= 0.3 is 0 Å². The maximum absolute atomic E-state index is 12.8. The normalized spacial score (nSPS) is 12.8. The van der Waals surface area contributed by atoms with Gasteiger partial charge in [0.15, 0.2) is 17.4 Å². The highest BCUT2D eigenvalue weighted by Gasteiger charge is 2.18. The molecule has 0 aromatic heterocycles. The van der Waals surface area contributed by atoms with E-state index >= 15 is 0 Å². The Hall–Kier alpha value is -1.43. The molecule has 0 aliphatic heterocycles. The summed E-state index contributed by atoms with van der Waals surface area (Å²) in [5.74, 6) is -2.93. The second-order valence-electron chi connectivity index (χ2n) is 3.36. The highest BCUT2D eigenvalue weighted by Crippen LogP contribution is 2.12. The van der Waals surface area contributed by atoms with Crippen LogP contribution in [0.15, 0.2) is 18.2 Å². The molecule has 94 valence electrons. The number of ether oxygens (including phenoxy) is 1. The van der Waals surface area contributed by atoms with Gasteiger partial charge in [0.05, 0.1) is 0 Å². The molecule has 0 bridgehead atoms. The fraction of sp³-hybridized carbons (Fsp3) is 0.364. The van der Waals surface area contributed by atoms with Crippen LogP contribution in [0.25, 0.3) is 0 Å². The molecule has 0 amide bonds. The molecule has 17 heavy (non-hydrogen) atoms. The van der Waals surface area contributed by atoms with Crippen molar-refractivity contribution in [2.45, 2.75) is 19.5 Å². The van der Waals surface area contributed by atoms with Gasteiger partial charge in [0.1, 0.15) is 12.7 Å². The monoisotopic (exact) mass is 250 g/mol. The van der Waals surface area contributed by atoms with Gasteiger partial charge in [-0.15, -0.1) is 0 Å². The first-order valence-corrected chi connectivity index (χ1v) is 4.81. The highest BCUT2D eigenvalue weighted by atomic mass is 19.3. The molecule has 1 unspecified atom stereocenters. The number of rotatable bonds is 5. The van der Waals surface area contributed by atoms with Crippen molar-refractivity contribution in [3.8, 4) is 0 Å². The molecule has 6 heteroatoms. The Morgan fingerprint density at radius 1 is 1.29 bits per heavy atom. The standard InChI is InChI=1S/C11H10F4O2/c1-6(17-5-10(14)15)11(16)7-2-3-8(12)9(13)4-7/h2-4,6,10H,5H2,1H3. The van der Waals surface area contributed by atoms with Crippen LogP contribution in [-0.2, 0) is 4.74 Å². The van der Waals surface area contributed by atoms with Crippen molar-refractivity contribution in [2.75, 3.05) is 6.61 Å². The van der Waals surface area contributed by atoms with E-state index in [9.17, 15) is 22.4 Å². The average molecular weight is 250 g/mol. The minimum Gasteiger partial charge on any atom is -0.364 e. The lowest BCUT2D eigenvalue weighted by Gasteiger charge is -2.11. The fourth-order valence-electron chi connectivity index (χ4n) is 1.18. The molecule has 0 radical (unpaired) electrons. The molecular weight excluding hydrogens is 240 g/mol. The number of benzene rings is 1. The van der Waals surface area contributed by atoms with Crippen molar-refractivity contribution in [2.24, 2.45) is 0 Å². The number of ketones is 1. The molecule has 1 aromatic carbocycles. The molecule has 0 saturated heterocycles. The Morgan fingerprint density at radius 2 is 1.94 bits per heavy atom. The van der Waals surface area contributed by atoms with Crippen LogP contribution in [0.1, 0.15) is 17.3 Å². The largest absolute Gasteiger partial charge is 0.364 e. The maximum atomic E-state index is 12.8. The van der Waals surface area contributed by atoms with Crippen molar-refractivity contribution >= 4 is 5.78 Å². The van der Waals surface area contributed by atoms with Crippen molar-refractivity contribution in [1.29, 1.82) is 0 Å². The number of halogens is 4. The molecule has 0 aliphatic carbocycles. The molecule has 0 N–H and O–H groups in total. The van der Waals surface area contributed by atoms with Crippen molar-refractivity contribution in [3.05, 3.63) is 35.4 Å². The quantitative estimate of drug-likeness (QED) is 0.593. The van der Waals surface area contributed by atoms with E-state index in [0.717, 1.165) is 12.1 Å². The van der Waals surface area contributed by atoms with Gasteiger partial charge in [-0.2, -0.15) is 0 Å². The lowest BCUT2D eigenvalue weighted by molar-refractivity contribution is -0.00986. The summed E-state index contributed by atoms with van der Waals surface area (Å²) in [6.07, 6.45) is -3.82. The number of carbonyl (C=O) groups excluding carboxylic acids is 1. The molecule has 1 atom stereocenters. The van der Waals surface area contributed by atoms with Crippen LogP contribution in [0.2, 0.25) is 0 Å². The van der Waals surface area contributed by atoms with E-state index in [2.05, 4.69) is 4.74 Å². The van der Waals surface area contributed by atoms with Crippen LogP contribution in [-0.4, -0.2) is 24.9 Å². The van der Waals surface area contributed by atoms with Crippen LogP contribution in [0.5, 0.6) is 0 Å². The van der Waals surface area contributed by atoms with Gasteiger partial charge in [0.25, 0.3) is 6.43 Å². The molecule has 0 saturated carbocycles. The Bertz CT molecular complexity index is 406. The van der Waals surface area contributed by atoms with Crippen LogP contribution < -0.4 is 0 Å². The van der Waals surface area contributed by atoms with E-state index < -0.39 is 36.6 Å². The second kappa shape index (κ2) is 5.77. The minimum atomic E-state index is -2.68. The molecular formula is C11H10F4O2. The molecule has 0 aliphatic rings. The van der Waals surface area contributed by atoms with Crippen LogP contribution in [0.4, 0.5) is 17.6 Å². The van der Waals surface area contributed by atoms with E-state index in [-0.39, 0.29) is 5.56 Å². The summed E-state index contributed by atoms with van der Waals surface area (Å²) < 4.78 is 53.7. The summed E-state index contributed by atoms with van der Waals surface area (Å²) in [4.78, 5) is 11.6. The summed E-state index contributed by atoms with van der Waals surface area (Å²) in [6, 6.07) is 2.57. The molecule has 2 nitrogen and oxygen atoms in total. The number of carbonyl (C=O) groups is 1. The number of alkyl halides is 2. The van der Waals surface area contributed by atoms with Gasteiger partial charge in [0, 0.05) is 5.56 Å². The van der Waals surface area contributed by atoms with Gasteiger partial charge < -0.3 is 4.74 Å². The smallest absolute Gasteiger partial charge is 0.261 e. The first kappa shape index (κ1) is 13.6. The van der Waals surface area contributed by atoms with Crippen molar-refractivity contribution < 1.29 is 27.1 Å². The van der Waals surface area contributed by atoms with Gasteiger partial charge in [-0.1, -0.05) is 0 Å². The van der Waals surface area contributed by atoms with Crippen LogP contribution in [0.3, 0.4) is 0 Å². The summed E-state index contributed by atoms with van der Waals surface area (Å²) in [7, 11) is 0. The number of hydrogen-bond acceptors (Lipinski definition) is 2. The van der Waals surface area contributed by atoms with E-state index in [1.165, 1.54) is 6.92 Å². The summed E-state index contributed by atoms with van der Waals surface area (Å²) in [6.45, 7) is 0.391. The third-order valence-corrected chi connectivity index (χ3v) is 2.05. The van der Waals surface area contributed by atoms with Gasteiger partial charge in [-0.25, -0.2) is 17.6 Å². The van der Waals surface area contributed by atoms with E-state index in [1.807, 2.05) is 0 Å². The van der Waals surface area contributed by atoms with E-state index in [4.69, 9.17) is 0 Å². The highest BCUT2D eigenvalue weighted by molar-refractivity contribution is 5.99. The lowest BCUT2D eigenvalue weighted by atomic mass is 10.1. The number of hydrogen-bond donors (Lipinski definition) is 0. The van der Waals surface area contributed by atoms with Crippen LogP contribution in [0, 0.1) is 11.6 Å². The zero-order chi connectivity index (χ0) is 13.0.